The number of ketones is 1. The van der Waals surface area contributed by atoms with E-state index in [4.69, 9.17) is 23.7 Å². The van der Waals surface area contributed by atoms with Gasteiger partial charge in [-0.25, -0.2) is 13.2 Å². The molecule has 11 aliphatic rings. The number of allylic oxidation sites excluding steroid dienone is 2. The van der Waals surface area contributed by atoms with Crippen LogP contribution >= 0.6 is 47.0 Å². The highest BCUT2D eigenvalue weighted by Crippen LogP contribution is 2.50. The van der Waals surface area contributed by atoms with Gasteiger partial charge in [0.15, 0.2) is 17.7 Å². The first-order chi connectivity index (χ1) is 36.5. The molecule has 2 N–H and O–H groups in total. The lowest BCUT2D eigenvalue weighted by molar-refractivity contribution is -0.306. The van der Waals surface area contributed by atoms with Crippen molar-refractivity contribution in [3.63, 3.8) is 0 Å². The van der Waals surface area contributed by atoms with Crippen molar-refractivity contribution in [1.82, 2.24) is 0 Å². The molecule has 7 nitrogen and oxygen atoms in total. The maximum absolute atomic E-state index is 14.5. The van der Waals surface area contributed by atoms with Crippen molar-refractivity contribution >= 4 is 69.3 Å². The number of rotatable bonds is 8. The summed E-state index contributed by atoms with van der Waals surface area (Å²) in [6.07, 6.45) is 18.5. The molecule has 7 aliphatic carbocycles. The van der Waals surface area contributed by atoms with E-state index < -0.39 is 57.6 Å². The molecule has 2 unspecified atom stereocenters. The van der Waals surface area contributed by atoms with Crippen molar-refractivity contribution in [2.24, 2.45) is 47.3 Å². The van der Waals surface area contributed by atoms with Gasteiger partial charge < -0.3 is 29.2 Å². The topological polar surface area (TPSA) is 94.7 Å². The summed E-state index contributed by atoms with van der Waals surface area (Å²) in [5, 5.41) is 0. The predicted molar refractivity (Wildman–Crippen MR) is 330 cm³/mol. The monoisotopic (exact) mass is 1210 g/mol. The summed E-state index contributed by atoms with van der Waals surface area (Å²) in [7, 11) is -0.830. The second-order valence-corrected chi connectivity index (χ2v) is 36.9. The first-order valence-corrected chi connectivity index (χ1v) is 38.1. The van der Waals surface area contributed by atoms with Crippen molar-refractivity contribution in [3.8, 4) is 0 Å². The number of ether oxygens (including phenoxy) is 5. The second-order valence-electron chi connectivity index (χ2n) is 25.6. The van der Waals surface area contributed by atoms with E-state index in [1.807, 2.05) is 6.08 Å². The highest BCUT2D eigenvalue weighted by Gasteiger charge is 2.49. The Kier molecular flexibility index (Phi) is 29.6. The van der Waals surface area contributed by atoms with Gasteiger partial charge in [-0.15, -0.1) is 30.1 Å². The highest BCUT2D eigenvalue weighted by atomic mass is 32.2. The van der Waals surface area contributed by atoms with Crippen LogP contribution in [0.25, 0.3) is 0 Å². The lowest BCUT2D eigenvalue weighted by Crippen LogP contribution is -2.45. The Bertz CT molecular complexity index is 1780. The molecule has 79 heavy (non-hydrogen) atoms. The van der Waals surface area contributed by atoms with E-state index in [0.29, 0.717) is 36.4 Å². The summed E-state index contributed by atoms with van der Waals surface area (Å²) in [6.45, 7) is 14.4. The third-order valence-corrected chi connectivity index (χ3v) is 31.3. The van der Waals surface area contributed by atoms with Crippen LogP contribution in [0.5, 0.6) is 0 Å². The van der Waals surface area contributed by atoms with Crippen LogP contribution in [-0.2, 0) is 28.5 Å². The predicted octanol–water partition coefficient (Wildman–Crippen LogP) is 17.4. The minimum absolute atomic E-state index is 0. The SMILES string of the molecule is C.C1CSC(=C2CCC(C3CCC4(CC3)OCCO4)CC2)SC1.C=CC1CCC(C2CCC(C(F)(F)OC3CC(F)C(F)C(F)C3)CC2)CC1.C[Si](C)(C)C1SCCCS1.O.O=C1CCC(C2CCC3(CC2)OCCO3)CC1.[B].[HH].[HH]. The highest BCUT2D eigenvalue weighted by molar-refractivity contribution is 8.22. The lowest BCUT2D eigenvalue weighted by Gasteiger charge is -2.40. The van der Waals surface area contributed by atoms with Crippen molar-refractivity contribution in [3.05, 3.63) is 22.5 Å². The normalized spacial score (nSPS) is 34.7. The zero-order valence-corrected chi connectivity index (χ0v) is 52.1. The number of halogens is 5. The van der Waals surface area contributed by atoms with E-state index in [-0.39, 0.29) is 35.7 Å². The maximum atomic E-state index is 14.5. The molecule has 0 aromatic carbocycles. The standard InChI is InChI=1S/C21H31F5O.C18H28O2S2.C14H22O3.C7H16S2Si.CH4.B.H2O.2H2/c1-2-13-3-5-14(6-4-13)15-7-9-16(10-8-15)21(25,26)27-17-11-18(22)20(24)19(23)12-17;1-12-21-17(22-13-1)16-4-2-14(3-5-16)15-6-8-18(9-7-15)19-10-11-20-18;15-13-3-1-11(2-4-13)12-5-7-14(8-6-12)16-9-10-17-14;1-10(2,3)7-8-5-4-6-9-7;;;;;/h2,13-20H,1,3-12H2;14-15H,1-13H2;11-12H,1-10H2;7H,4-6H2,1-3H3;1H4;;1H2;2*1H. The Balaban J connectivity index is 0.000000290. The summed E-state index contributed by atoms with van der Waals surface area (Å²) in [5.41, 5.74) is 1.79. The van der Waals surface area contributed by atoms with E-state index in [0.717, 1.165) is 144 Å². The molecule has 2 atom stereocenters. The van der Waals surface area contributed by atoms with E-state index in [1.165, 1.54) is 87.2 Å². The quantitative estimate of drug-likeness (QED) is 0.133. The fourth-order valence-corrected chi connectivity index (χ4v) is 24.4. The average molecular weight is 1210 g/mol. The van der Waals surface area contributed by atoms with Crippen LogP contribution in [0.1, 0.15) is 190 Å². The fourth-order valence-electron chi connectivity index (χ4n) is 14.7. The van der Waals surface area contributed by atoms with Gasteiger partial charge in [-0.05, 0) is 193 Å². The first-order valence-electron chi connectivity index (χ1n) is 30.4. The van der Waals surface area contributed by atoms with Gasteiger partial charge in [0.05, 0.1) is 46.5 Å². The van der Waals surface area contributed by atoms with Crippen LogP contribution in [0.2, 0.25) is 19.6 Å². The summed E-state index contributed by atoms with van der Waals surface area (Å²) in [4.78, 5) is 11.3. The zero-order chi connectivity index (χ0) is 53.8. The van der Waals surface area contributed by atoms with E-state index in [9.17, 15) is 26.7 Å². The van der Waals surface area contributed by atoms with Crippen LogP contribution in [0.4, 0.5) is 22.0 Å². The number of Topliss-reactive ketones (excluding diaryl/α,β-unsaturated/α-hetero) is 1. The summed E-state index contributed by atoms with van der Waals surface area (Å²) >= 11 is 8.65. The average Bonchev–Trinajstić information content (AvgIpc) is 4.20. The molecular weight excluding hydrogens is 1110 g/mol. The molecule has 0 bridgehead atoms. The number of carbonyl (C=O) groups excluding carboxylic acids is 1. The largest absolute Gasteiger partial charge is 0.412 e. The molecular formula is C61H107BF5O7S4Si. The molecule has 4 aliphatic heterocycles. The zero-order valence-electron chi connectivity index (χ0n) is 47.8. The van der Waals surface area contributed by atoms with Gasteiger partial charge in [0.25, 0.3) is 0 Å². The van der Waals surface area contributed by atoms with Gasteiger partial charge >= 0.3 is 6.11 Å². The first kappa shape index (κ1) is 70.0. The van der Waals surface area contributed by atoms with Crippen LogP contribution in [0, 0.1) is 47.3 Å². The summed E-state index contributed by atoms with van der Waals surface area (Å²) in [6, 6.07) is 0. The molecule has 0 aromatic heterocycles. The smallest absolute Gasteiger partial charge is 0.358 e. The van der Waals surface area contributed by atoms with Gasteiger partial charge in [0.2, 0.25) is 0 Å². The third kappa shape index (κ3) is 20.4. The van der Waals surface area contributed by atoms with Crippen LogP contribution < -0.4 is 0 Å². The van der Waals surface area contributed by atoms with Gasteiger partial charge in [-0.3, -0.25) is 4.79 Å². The number of alkyl halides is 5. The molecule has 459 valence electrons. The third-order valence-electron chi connectivity index (χ3n) is 19.4. The maximum Gasteiger partial charge on any atom is 0.358 e. The molecule has 0 aromatic rings. The van der Waals surface area contributed by atoms with Crippen molar-refractivity contribution < 1.29 is 58.8 Å². The Hall–Kier alpha value is 0.242. The van der Waals surface area contributed by atoms with Crippen molar-refractivity contribution in [2.45, 2.75) is 253 Å². The minimum atomic E-state index is -3.40. The fraction of sp³-hybridized carbons (Fsp3) is 0.918. The van der Waals surface area contributed by atoms with Gasteiger partial charge in [-0.1, -0.05) is 38.7 Å². The molecule has 2 spiro atoms. The molecule has 4 heterocycles. The Morgan fingerprint density at radius 1 is 0.608 bits per heavy atom. The molecule has 11 fully saturated rings. The summed E-state index contributed by atoms with van der Waals surface area (Å²) < 4.78 is 100.0. The Labute approximate surface area is 497 Å². The van der Waals surface area contributed by atoms with Gasteiger partial charge in [-0.2, -0.15) is 32.3 Å². The van der Waals surface area contributed by atoms with Gasteiger partial charge in [0, 0.05) is 71.1 Å². The Morgan fingerprint density at radius 2 is 1.00 bits per heavy atom. The van der Waals surface area contributed by atoms with Crippen LogP contribution in [-0.4, -0.2) is 124 Å². The van der Waals surface area contributed by atoms with Crippen LogP contribution in [0.15, 0.2) is 22.5 Å². The molecule has 18 heteroatoms. The summed E-state index contributed by atoms with van der Waals surface area (Å²) in [5.74, 6) is 9.82. The molecule has 7 saturated carbocycles. The van der Waals surface area contributed by atoms with Crippen molar-refractivity contribution in [2.75, 3.05) is 49.4 Å². The van der Waals surface area contributed by atoms with Gasteiger partial charge in [0.1, 0.15) is 18.1 Å². The molecule has 0 amide bonds. The van der Waals surface area contributed by atoms with E-state index in [1.54, 1.807) is 9.81 Å². The molecule has 11 rings (SSSR count). The molecule has 4 saturated heterocycles. The number of hydrogen-bond acceptors (Lipinski definition) is 10. The number of thioether (sulfide) groups is 4. The Morgan fingerprint density at radius 3 is 1.42 bits per heavy atom. The van der Waals surface area contributed by atoms with Crippen LogP contribution in [0.3, 0.4) is 0 Å². The van der Waals surface area contributed by atoms with E-state index >= 15 is 0 Å². The number of carbonyl (C=O) groups is 1. The van der Waals surface area contributed by atoms with Crippen molar-refractivity contribution in [1.29, 1.82) is 0 Å². The molecule has 3 radical (unpaired) electrons. The van der Waals surface area contributed by atoms with E-state index in [2.05, 4.69) is 73.3 Å². The lowest BCUT2D eigenvalue weighted by atomic mass is 9.69. The minimum Gasteiger partial charge on any atom is -0.412 e. The number of hydrogen-bond donors (Lipinski definition) is 0. The second kappa shape index (κ2) is 33.4.